The second-order valence-corrected chi connectivity index (χ2v) is 8.46. The fourth-order valence-electron chi connectivity index (χ4n) is 3.92. The van der Waals surface area contributed by atoms with Gasteiger partial charge in [-0.05, 0) is 54.7 Å². The lowest BCUT2D eigenvalue weighted by Crippen LogP contribution is -2.19. The van der Waals surface area contributed by atoms with E-state index >= 15 is 0 Å². The first kappa shape index (κ1) is 25.6. The lowest BCUT2D eigenvalue weighted by atomic mass is 10.0. The molecular formula is C29H30N4O4. The number of hydrogen-bond donors (Lipinski definition) is 1. The van der Waals surface area contributed by atoms with Crippen LogP contribution in [0.25, 0.3) is 16.8 Å². The topological polar surface area (TPSA) is 95.3 Å². The van der Waals surface area contributed by atoms with Gasteiger partial charge in [-0.3, -0.25) is 10.1 Å². The molecule has 37 heavy (non-hydrogen) atoms. The smallest absolute Gasteiger partial charge is 0.413 e. The number of carbonyl (C=O) groups is 2. The molecule has 1 aromatic heterocycles. The first-order valence-electron chi connectivity index (χ1n) is 12.3. The molecule has 4 aromatic rings. The van der Waals surface area contributed by atoms with Gasteiger partial charge in [0, 0.05) is 0 Å². The molecule has 1 atom stereocenters. The summed E-state index contributed by atoms with van der Waals surface area (Å²) < 4.78 is 12.2. The Balaban J connectivity index is 1.48. The van der Waals surface area contributed by atoms with E-state index in [-0.39, 0.29) is 12.4 Å². The summed E-state index contributed by atoms with van der Waals surface area (Å²) in [6, 6.07) is 25.1. The molecule has 0 aliphatic carbocycles. The van der Waals surface area contributed by atoms with Crippen LogP contribution in [-0.4, -0.2) is 33.7 Å². The molecule has 3 aromatic carbocycles. The fraction of sp³-hybridized carbons (Fsp3) is 0.241. The lowest BCUT2D eigenvalue weighted by Gasteiger charge is -2.15. The number of aromatic nitrogens is 3. The third-order valence-corrected chi connectivity index (χ3v) is 5.90. The second-order valence-electron chi connectivity index (χ2n) is 8.46. The Morgan fingerprint density at radius 3 is 2.19 bits per heavy atom. The third kappa shape index (κ3) is 6.41. The average molecular weight is 499 g/mol. The van der Waals surface area contributed by atoms with Gasteiger partial charge in [-0.25, -0.2) is 4.79 Å². The Labute approximate surface area is 216 Å². The molecule has 1 N–H and O–H groups in total. The Bertz CT molecular complexity index is 1330. The van der Waals surface area contributed by atoms with E-state index in [1.807, 2.05) is 92.7 Å². The van der Waals surface area contributed by atoms with E-state index in [9.17, 15) is 9.59 Å². The van der Waals surface area contributed by atoms with Crippen LogP contribution in [0.15, 0.2) is 78.9 Å². The Hall–Kier alpha value is -4.46. The zero-order valence-corrected chi connectivity index (χ0v) is 21.2. The first-order chi connectivity index (χ1) is 18.0. The molecule has 0 aliphatic rings. The molecule has 0 bridgehead atoms. The highest BCUT2D eigenvalue weighted by Crippen LogP contribution is 2.25. The highest BCUT2D eigenvalue weighted by atomic mass is 16.6. The maximum atomic E-state index is 12.7. The quantitative estimate of drug-likeness (QED) is 0.288. The standard InChI is InChI=1S/C29H30N4O4/c1-4-26-28(30-29(35)37-20(3)22-9-7-6-8-10-22)33(32-31-26)25-17-15-24(16-18-25)23-13-11-21(12-14-23)19-27(34)36-5-2/h6-18,20H,4-5,19H2,1-3H3,(H,30,35). The van der Waals surface area contributed by atoms with Crippen LogP contribution >= 0.6 is 0 Å². The zero-order chi connectivity index (χ0) is 26.2. The Morgan fingerprint density at radius 1 is 0.919 bits per heavy atom. The van der Waals surface area contributed by atoms with Gasteiger partial charge in [0.25, 0.3) is 0 Å². The molecular weight excluding hydrogens is 468 g/mol. The van der Waals surface area contributed by atoms with E-state index in [0.717, 1.165) is 27.9 Å². The van der Waals surface area contributed by atoms with Crippen molar-refractivity contribution in [1.29, 1.82) is 0 Å². The van der Waals surface area contributed by atoms with Crippen LogP contribution in [0.5, 0.6) is 0 Å². The van der Waals surface area contributed by atoms with E-state index in [1.165, 1.54) is 0 Å². The van der Waals surface area contributed by atoms with Crippen LogP contribution in [0.2, 0.25) is 0 Å². The maximum Gasteiger partial charge on any atom is 0.413 e. The molecule has 1 amide bonds. The number of nitrogens with one attached hydrogen (secondary N) is 1. The summed E-state index contributed by atoms with van der Waals surface area (Å²) in [4.78, 5) is 24.4. The summed E-state index contributed by atoms with van der Waals surface area (Å²) in [6.45, 7) is 5.95. The SMILES string of the molecule is CCOC(=O)Cc1ccc(-c2ccc(-n3nnc(CC)c3NC(=O)OC(C)c3ccccc3)cc2)cc1. The largest absolute Gasteiger partial charge is 0.466 e. The van der Waals surface area contributed by atoms with E-state index in [1.54, 1.807) is 11.6 Å². The minimum Gasteiger partial charge on any atom is -0.466 e. The van der Waals surface area contributed by atoms with Crippen LogP contribution in [0, 0.1) is 0 Å². The van der Waals surface area contributed by atoms with Crippen molar-refractivity contribution in [3.05, 3.63) is 95.7 Å². The second kappa shape index (κ2) is 12.0. The fourth-order valence-corrected chi connectivity index (χ4v) is 3.92. The minimum absolute atomic E-state index is 0.235. The summed E-state index contributed by atoms with van der Waals surface area (Å²) in [5.41, 5.74) is 5.24. The lowest BCUT2D eigenvalue weighted by molar-refractivity contribution is -0.142. The Kier molecular flexibility index (Phi) is 8.30. The van der Waals surface area contributed by atoms with Crippen molar-refractivity contribution in [1.82, 2.24) is 15.0 Å². The van der Waals surface area contributed by atoms with Gasteiger partial charge in [0.2, 0.25) is 0 Å². The molecule has 0 saturated carbocycles. The van der Waals surface area contributed by atoms with Gasteiger partial charge in [0.1, 0.15) is 11.8 Å². The number of ether oxygens (including phenoxy) is 2. The average Bonchev–Trinajstić information content (AvgIpc) is 3.32. The summed E-state index contributed by atoms with van der Waals surface area (Å²) in [5, 5.41) is 11.3. The molecule has 0 saturated heterocycles. The van der Waals surface area contributed by atoms with Crippen LogP contribution in [-0.2, 0) is 27.1 Å². The van der Waals surface area contributed by atoms with Crippen molar-refractivity contribution in [3.63, 3.8) is 0 Å². The first-order valence-corrected chi connectivity index (χ1v) is 12.3. The normalized spacial score (nSPS) is 11.5. The predicted molar refractivity (Wildman–Crippen MR) is 141 cm³/mol. The number of aryl methyl sites for hydroxylation is 1. The highest BCUT2D eigenvalue weighted by Gasteiger charge is 2.19. The van der Waals surface area contributed by atoms with E-state index < -0.39 is 12.2 Å². The monoisotopic (exact) mass is 498 g/mol. The number of carbonyl (C=O) groups excluding carboxylic acids is 2. The maximum absolute atomic E-state index is 12.7. The van der Waals surface area contributed by atoms with Crippen molar-refractivity contribution in [2.45, 2.75) is 39.7 Å². The molecule has 0 fully saturated rings. The van der Waals surface area contributed by atoms with Gasteiger partial charge < -0.3 is 9.47 Å². The van der Waals surface area contributed by atoms with E-state index in [0.29, 0.717) is 24.5 Å². The number of rotatable bonds is 9. The summed E-state index contributed by atoms with van der Waals surface area (Å²) in [6.07, 6.45) is -0.130. The zero-order valence-electron chi connectivity index (χ0n) is 21.2. The third-order valence-electron chi connectivity index (χ3n) is 5.90. The van der Waals surface area contributed by atoms with Gasteiger partial charge in [-0.2, -0.15) is 4.68 Å². The van der Waals surface area contributed by atoms with E-state index in [4.69, 9.17) is 9.47 Å². The highest BCUT2D eigenvalue weighted by molar-refractivity contribution is 5.84. The van der Waals surface area contributed by atoms with E-state index in [2.05, 4.69) is 15.6 Å². The van der Waals surface area contributed by atoms with Crippen molar-refractivity contribution < 1.29 is 19.1 Å². The molecule has 4 rings (SSSR count). The van der Waals surface area contributed by atoms with Gasteiger partial charge in [-0.15, -0.1) is 5.10 Å². The summed E-state index contributed by atoms with van der Waals surface area (Å²) in [5.74, 6) is 0.241. The molecule has 0 radical (unpaired) electrons. The molecule has 0 spiro atoms. The van der Waals surface area contributed by atoms with Crippen LogP contribution in [0.4, 0.5) is 10.6 Å². The van der Waals surface area contributed by atoms with Crippen molar-refractivity contribution >= 4 is 17.9 Å². The van der Waals surface area contributed by atoms with Crippen LogP contribution < -0.4 is 5.32 Å². The number of hydrogen-bond acceptors (Lipinski definition) is 6. The molecule has 1 heterocycles. The minimum atomic E-state index is -0.575. The predicted octanol–water partition coefficient (Wildman–Crippen LogP) is 5.91. The number of anilines is 1. The summed E-state index contributed by atoms with van der Waals surface area (Å²) in [7, 11) is 0. The van der Waals surface area contributed by atoms with Crippen molar-refractivity contribution in [3.8, 4) is 16.8 Å². The van der Waals surface area contributed by atoms with Gasteiger partial charge in [-0.1, -0.05) is 78.9 Å². The van der Waals surface area contributed by atoms with Crippen molar-refractivity contribution in [2.24, 2.45) is 0 Å². The van der Waals surface area contributed by atoms with Crippen LogP contribution in [0.1, 0.15) is 43.7 Å². The number of benzene rings is 3. The van der Waals surface area contributed by atoms with Gasteiger partial charge in [0.05, 0.1) is 18.7 Å². The number of esters is 1. The van der Waals surface area contributed by atoms with Gasteiger partial charge >= 0.3 is 12.1 Å². The molecule has 8 heteroatoms. The van der Waals surface area contributed by atoms with Crippen LogP contribution in [0.3, 0.4) is 0 Å². The molecule has 1 unspecified atom stereocenters. The molecule has 190 valence electrons. The molecule has 0 aliphatic heterocycles. The van der Waals surface area contributed by atoms with Crippen molar-refractivity contribution in [2.75, 3.05) is 11.9 Å². The Morgan fingerprint density at radius 2 is 1.57 bits per heavy atom. The number of nitrogens with zero attached hydrogens (tertiary/aromatic N) is 3. The van der Waals surface area contributed by atoms with Gasteiger partial charge in [0.15, 0.2) is 5.82 Å². The number of amides is 1. The molecule has 8 nitrogen and oxygen atoms in total. The summed E-state index contributed by atoms with van der Waals surface area (Å²) >= 11 is 0.